The summed E-state index contributed by atoms with van der Waals surface area (Å²) in [5.41, 5.74) is 1.29. The van der Waals surface area contributed by atoms with E-state index in [0.717, 1.165) is 0 Å². The van der Waals surface area contributed by atoms with Crippen molar-refractivity contribution >= 4 is 58.2 Å². The number of hydrogen-bond acceptors (Lipinski definition) is 6. The minimum absolute atomic E-state index is 0.155. The number of hydrogen-bond donors (Lipinski definition) is 2. The van der Waals surface area contributed by atoms with Gasteiger partial charge in [-0.25, -0.2) is 0 Å². The van der Waals surface area contributed by atoms with Crippen LogP contribution in [0.4, 0.5) is 11.4 Å². The van der Waals surface area contributed by atoms with E-state index in [1.54, 1.807) is 54.1 Å². The number of carbonyl (C=O) groups is 2. The maximum atomic E-state index is 12.2. The highest BCUT2D eigenvalue weighted by molar-refractivity contribution is 7.99. The van der Waals surface area contributed by atoms with Crippen LogP contribution in [0, 0.1) is 0 Å². The number of rotatable bonds is 8. The van der Waals surface area contributed by atoms with Gasteiger partial charge in [-0.15, -0.1) is 10.2 Å². The maximum Gasteiger partial charge on any atom is 0.234 e. The number of ether oxygens (including phenoxy) is 1. The summed E-state index contributed by atoms with van der Waals surface area (Å²) in [4.78, 5) is 23.3. The Morgan fingerprint density at radius 1 is 1.06 bits per heavy atom. The third kappa shape index (κ3) is 6.61. The van der Waals surface area contributed by atoms with E-state index >= 15 is 0 Å². The third-order valence-electron chi connectivity index (χ3n) is 4.00. The Bertz CT molecular complexity index is 1090. The van der Waals surface area contributed by atoms with Crippen LogP contribution in [0.25, 0.3) is 0 Å². The lowest BCUT2D eigenvalue weighted by Crippen LogP contribution is -2.14. The van der Waals surface area contributed by atoms with Crippen LogP contribution in [0.3, 0.4) is 0 Å². The minimum atomic E-state index is -0.189. The van der Waals surface area contributed by atoms with Gasteiger partial charge in [0, 0.05) is 30.4 Å². The van der Waals surface area contributed by atoms with Gasteiger partial charge in [0.1, 0.15) is 12.4 Å². The van der Waals surface area contributed by atoms with E-state index in [2.05, 4.69) is 20.8 Å². The molecule has 1 heterocycles. The predicted octanol–water partition coefficient (Wildman–Crippen LogP) is 4.39. The van der Waals surface area contributed by atoms with Crippen molar-refractivity contribution in [2.75, 3.05) is 16.4 Å². The monoisotopic (exact) mass is 479 g/mol. The van der Waals surface area contributed by atoms with Gasteiger partial charge in [0.05, 0.1) is 10.8 Å². The molecule has 162 valence electrons. The highest BCUT2D eigenvalue weighted by Crippen LogP contribution is 2.28. The van der Waals surface area contributed by atoms with Crippen LogP contribution < -0.4 is 15.4 Å². The van der Waals surface area contributed by atoms with Gasteiger partial charge >= 0.3 is 0 Å². The van der Waals surface area contributed by atoms with Crippen molar-refractivity contribution in [2.24, 2.45) is 7.05 Å². The number of thioether (sulfide) groups is 1. The predicted molar refractivity (Wildman–Crippen MR) is 122 cm³/mol. The van der Waals surface area contributed by atoms with E-state index in [-0.39, 0.29) is 24.2 Å². The number of nitrogens with one attached hydrogen (secondary N) is 2. The zero-order chi connectivity index (χ0) is 22.4. The molecule has 0 aliphatic carbocycles. The van der Waals surface area contributed by atoms with Crippen molar-refractivity contribution in [2.45, 2.75) is 18.7 Å². The molecule has 0 saturated carbocycles. The topological polar surface area (TPSA) is 98.1 Å². The van der Waals surface area contributed by atoms with E-state index < -0.39 is 0 Å². The molecule has 0 bridgehead atoms. The molecule has 31 heavy (non-hydrogen) atoms. The zero-order valence-electron chi connectivity index (χ0n) is 16.7. The molecule has 0 atom stereocenters. The number of amides is 2. The van der Waals surface area contributed by atoms with Gasteiger partial charge in [-0.2, -0.15) is 0 Å². The summed E-state index contributed by atoms with van der Waals surface area (Å²) in [6, 6.07) is 11.8. The lowest BCUT2D eigenvalue weighted by atomic mass is 10.3. The molecule has 2 amide bonds. The van der Waals surface area contributed by atoms with Crippen molar-refractivity contribution in [3.8, 4) is 5.75 Å². The minimum Gasteiger partial charge on any atom is -0.484 e. The number of benzene rings is 2. The second kappa shape index (κ2) is 10.5. The highest BCUT2D eigenvalue weighted by atomic mass is 35.5. The Hall–Kier alpha value is -2.75. The summed E-state index contributed by atoms with van der Waals surface area (Å²) in [5.74, 6) is 0.891. The molecule has 2 N–H and O–H groups in total. The van der Waals surface area contributed by atoms with E-state index in [1.807, 2.05) is 0 Å². The standard InChI is InChI=1S/C20H19Cl2N5O3S/c1-12(28)23-14-4-6-15(7-5-14)24-19(29)11-31-20-26-25-18(27(20)2)10-30-17-8-3-13(21)9-16(17)22/h3-9H,10-11H2,1-2H3,(H,23,28)(H,24,29). The van der Waals surface area contributed by atoms with E-state index in [9.17, 15) is 9.59 Å². The van der Waals surface area contributed by atoms with Crippen LogP contribution in [0.2, 0.25) is 10.0 Å². The third-order valence-corrected chi connectivity index (χ3v) is 5.55. The number of nitrogens with zero attached hydrogens (tertiary/aromatic N) is 3. The molecule has 3 aromatic rings. The van der Waals surface area contributed by atoms with Crippen molar-refractivity contribution < 1.29 is 14.3 Å². The fourth-order valence-electron chi connectivity index (χ4n) is 2.50. The Morgan fingerprint density at radius 3 is 2.39 bits per heavy atom. The first-order chi connectivity index (χ1) is 14.8. The smallest absolute Gasteiger partial charge is 0.234 e. The summed E-state index contributed by atoms with van der Waals surface area (Å²) in [6.07, 6.45) is 0. The summed E-state index contributed by atoms with van der Waals surface area (Å²) in [6.45, 7) is 1.60. The van der Waals surface area contributed by atoms with Gasteiger partial charge in [-0.1, -0.05) is 35.0 Å². The van der Waals surface area contributed by atoms with Crippen LogP contribution in [-0.4, -0.2) is 32.3 Å². The molecule has 1 aromatic heterocycles. The maximum absolute atomic E-state index is 12.2. The molecule has 0 unspecified atom stereocenters. The fraction of sp³-hybridized carbons (Fsp3) is 0.200. The number of carbonyl (C=O) groups excluding carboxylic acids is 2. The van der Waals surface area contributed by atoms with Gasteiger partial charge in [0.2, 0.25) is 11.8 Å². The van der Waals surface area contributed by atoms with E-state index in [4.69, 9.17) is 27.9 Å². The van der Waals surface area contributed by atoms with Crippen LogP contribution in [0.15, 0.2) is 47.6 Å². The van der Waals surface area contributed by atoms with Gasteiger partial charge in [0.25, 0.3) is 0 Å². The average molecular weight is 480 g/mol. The largest absolute Gasteiger partial charge is 0.484 e. The van der Waals surface area contributed by atoms with Gasteiger partial charge in [-0.05, 0) is 42.5 Å². The second-order valence-corrected chi connectivity index (χ2v) is 8.20. The molecule has 0 spiro atoms. The molecule has 2 aromatic carbocycles. The second-order valence-electron chi connectivity index (χ2n) is 6.42. The molecule has 0 aliphatic heterocycles. The first kappa shape index (κ1) is 22.9. The van der Waals surface area contributed by atoms with Crippen LogP contribution >= 0.6 is 35.0 Å². The van der Waals surface area contributed by atoms with Crippen molar-refractivity contribution in [3.63, 3.8) is 0 Å². The molecular formula is C20H19Cl2N5O3S. The first-order valence-corrected chi connectivity index (χ1v) is 10.8. The lowest BCUT2D eigenvalue weighted by Gasteiger charge is -2.08. The first-order valence-electron chi connectivity index (χ1n) is 9.08. The Kier molecular flexibility index (Phi) is 7.78. The molecule has 0 fully saturated rings. The van der Waals surface area contributed by atoms with Crippen LogP contribution in [-0.2, 0) is 23.2 Å². The van der Waals surface area contributed by atoms with E-state index in [0.29, 0.717) is 38.2 Å². The van der Waals surface area contributed by atoms with E-state index in [1.165, 1.54) is 18.7 Å². The lowest BCUT2D eigenvalue weighted by molar-refractivity contribution is -0.114. The average Bonchev–Trinajstić information content (AvgIpc) is 3.06. The van der Waals surface area contributed by atoms with Gasteiger partial charge < -0.3 is 19.9 Å². The summed E-state index contributed by atoms with van der Waals surface area (Å²) in [7, 11) is 1.79. The zero-order valence-corrected chi connectivity index (χ0v) is 19.0. The Morgan fingerprint density at radius 2 is 1.74 bits per heavy atom. The molecule has 8 nitrogen and oxygen atoms in total. The quantitative estimate of drug-likeness (QED) is 0.464. The number of halogens is 2. The molecule has 0 radical (unpaired) electrons. The SMILES string of the molecule is CC(=O)Nc1ccc(NC(=O)CSc2nnc(COc3ccc(Cl)cc3Cl)n2C)cc1. The summed E-state index contributed by atoms with van der Waals surface area (Å²) >= 11 is 13.2. The molecule has 11 heteroatoms. The molecule has 0 saturated heterocycles. The number of aromatic nitrogens is 3. The Balaban J connectivity index is 1.51. The Labute approximate surface area is 193 Å². The van der Waals surface area contributed by atoms with Crippen molar-refractivity contribution in [3.05, 3.63) is 58.3 Å². The molecular weight excluding hydrogens is 461 g/mol. The molecule has 0 aliphatic rings. The fourth-order valence-corrected chi connectivity index (χ4v) is 3.69. The highest BCUT2D eigenvalue weighted by Gasteiger charge is 2.13. The van der Waals surface area contributed by atoms with Gasteiger partial charge in [-0.3, -0.25) is 9.59 Å². The van der Waals surface area contributed by atoms with Gasteiger partial charge in [0.15, 0.2) is 11.0 Å². The van der Waals surface area contributed by atoms with Crippen LogP contribution in [0.1, 0.15) is 12.7 Å². The van der Waals surface area contributed by atoms with Crippen molar-refractivity contribution in [1.82, 2.24) is 14.8 Å². The van der Waals surface area contributed by atoms with Crippen LogP contribution in [0.5, 0.6) is 5.75 Å². The number of anilines is 2. The summed E-state index contributed by atoms with van der Waals surface area (Å²) in [5, 5.41) is 15.2. The van der Waals surface area contributed by atoms with Crippen molar-refractivity contribution in [1.29, 1.82) is 0 Å². The normalized spacial score (nSPS) is 10.6. The summed E-state index contributed by atoms with van der Waals surface area (Å²) < 4.78 is 7.44. The molecule has 3 rings (SSSR count).